The topological polar surface area (TPSA) is 77.7 Å². The number of para-hydroxylation sites is 2. The van der Waals surface area contributed by atoms with E-state index in [1.165, 1.54) is 6.21 Å². The minimum Gasteiger partial charge on any atom is -0.497 e. The predicted octanol–water partition coefficient (Wildman–Crippen LogP) is 2.20. The molecule has 25 heavy (non-hydrogen) atoms. The highest BCUT2D eigenvalue weighted by Crippen LogP contribution is 2.21. The van der Waals surface area contributed by atoms with Gasteiger partial charge in [0.05, 0.1) is 37.8 Å². The minimum atomic E-state index is -0.241. The number of ether oxygens (including phenoxy) is 2. The number of benzene rings is 2. The van der Waals surface area contributed by atoms with Gasteiger partial charge in [0.2, 0.25) is 0 Å². The van der Waals surface area contributed by atoms with E-state index in [0.29, 0.717) is 11.5 Å². The molecule has 0 atom stereocenters. The number of amides is 1. The summed E-state index contributed by atoms with van der Waals surface area (Å²) in [6, 6.07) is 13.0. The lowest BCUT2D eigenvalue weighted by Gasteiger charge is -2.06. The van der Waals surface area contributed by atoms with Gasteiger partial charge in [-0.2, -0.15) is 5.10 Å². The third kappa shape index (κ3) is 3.95. The van der Waals surface area contributed by atoms with Crippen molar-refractivity contribution >= 4 is 23.2 Å². The van der Waals surface area contributed by atoms with E-state index in [4.69, 9.17) is 9.47 Å². The van der Waals surface area contributed by atoms with Crippen LogP contribution in [0.15, 0.2) is 53.9 Å². The Morgan fingerprint density at radius 1 is 1.20 bits per heavy atom. The van der Waals surface area contributed by atoms with E-state index in [9.17, 15) is 4.79 Å². The Kier molecular flexibility index (Phi) is 4.94. The van der Waals surface area contributed by atoms with Gasteiger partial charge in [0, 0.05) is 11.6 Å². The van der Waals surface area contributed by atoms with Gasteiger partial charge in [-0.1, -0.05) is 12.1 Å². The van der Waals surface area contributed by atoms with Crippen LogP contribution in [0.25, 0.3) is 11.0 Å². The van der Waals surface area contributed by atoms with Crippen molar-refractivity contribution in [3.8, 4) is 11.5 Å². The normalized spacial score (nSPS) is 11.0. The highest BCUT2D eigenvalue weighted by atomic mass is 16.5. The molecular weight excluding hydrogens is 320 g/mol. The molecule has 3 rings (SSSR count). The quantitative estimate of drug-likeness (QED) is 0.552. The number of hydrogen-bond donors (Lipinski definition) is 1. The van der Waals surface area contributed by atoms with E-state index in [1.54, 1.807) is 43.3 Å². The van der Waals surface area contributed by atoms with Crippen molar-refractivity contribution in [1.82, 2.24) is 15.0 Å². The van der Waals surface area contributed by atoms with Crippen LogP contribution < -0.4 is 14.9 Å². The van der Waals surface area contributed by atoms with E-state index < -0.39 is 0 Å². The molecule has 0 radical (unpaired) electrons. The van der Waals surface area contributed by atoms with Gasteiger partial charge in [-0.3, -0.25) is 4.79 Å². The molecule has 0 aliphatic carbocycles. The fourth-order valence-corrected chi connectivity index (χ4v) is 2.41. The summed E-state index contributed by atoms with van der Waals surface area (Å²) in [7, 11) is 3.15. The summed E-state index contributed by atoms with van der Waals surface area (Å²) in [4.78, 5) is 16.3. The summed E-state index contributed by atoms with van der Waals surface area (Å²) >= 11 is 0. The van der Waals surface area contributed by atoms with Crippen molar-refractivity contribution in [2.45, 2.75) is 6.54 Å². The molecule has 1 aromatic heterocycles. The van der Waals surface area contributed by atoms with Crippen LogP contribution in [0.4, 0.5) is 0 Å². The average Bonchev–Trinajstić information content (AvgIpc) is 3.04. The maximum absolute atomic E-state index is 12.1. The van der Waals surface area contributed by atoms with Crippen molar-refractivity contribution in [2.24, 2.45) is 5.10 Å². The molecule has 0 unspecified atom stereocenters. The first-order valence-electron chi connectivity index (χ1n) is 7.64. The SMILES string of the molecule is COc1cc(/C=N/NC(=O)Cn2cnc3ccccc32)cc(OC)c1. The zero-order chi connectivity index (χ0) is 17.6. The average molecular weight is 338 g/mol. The van der Waals surface area contributed by atoms with E-state index in [0.717, 1.165) is 16.6 Å². The Balaban J connectivity index is 1.65. The molecule has 0 aliphatic heterocycles. The van der Waals surface area contributed by atoms with Crippen LogP contribution in [0.3, 0.4) is 0 Å². The number of nitrogens with one attached hydrogen (secondary N) is 1. The van der Waals surface area contributed by atoms with Crippen LogP contribution in [-0.4, -0.2) is 35.9 Å². The molecule has 0 fully saturated rings. The van der Waals surface area contributed by atoms with Gasteiger partial charge in [-0.25, -0.2) is 10.4 Å². The van der Waals surface area contributed by atoms with E-state index in [2.05, 4.69) is 15.5 Å². The standard InChI is InChI=1S/C18H18N4O3/c1-24-14-7-13(8-15(9-14)25-2)10-20-21-18(23)11-22-12-19-16-5-3-4-6-17(16)22/h3-10,12H,11H2,1-2H3,(H,21,23)/b20-10+. The van der Waals surface area contributed by atoms with Crippen molar-refractivity contribution in [3.63, 3.8) is 0 Å². The summed E-state index contributed by atoms with van der Waals surface area (Å²) < 4.78 is 12.2. The Hall–Kier alpha value is -3.35. The number of carbonyl (C=O) groups is 1. The Labute approximate surface area is 144 Å². The molecule has 0 spiro atoms. The van der Waals surface area contributed by atoms with E-state index >= 15 is 0 Å². The van der Waals surface area contributed by atoms with Gasteiger partial charge in [-0.05, 0) is 24.3 Å². The van der Waals surface area contributed by atoms with Gasteiger partial charge in [-0.15, -0.1) is 0 Å². The largest absolute Gasteiger partial charge is 0.497 e. The first-order chi connectivity index (χ1) is 12.2. The second kappa shape index (κ2) is 7.48. The second-order valence-corrected chi connectivity index (χ2v) is 5.30. The molecular formula is C18H18N4O3. The van der Waals surface area contributed by atoms with E-state index in [1.807, 2.05) is 24.3 Å². The van der Waals surface area contributed by atoms with Crippen LogP contribution in [-0.2, 0) is 11.3 Å². The maximum atomic E-state index is 12.1. The predicted molar refractivity (Wildman–Crippen MR) is 95.0 cm³/mol. The molecule has 0 bridgehead atoms. The number of hydrazone groups is 1. The third-order valence-corrected chi connectivity index (χ3v) is 3.62. The summed E-state index contributed by atoms with van der Waals surface area (Å²) in [6.07, 6.45) is 3.18. The van der Waals surface area contributed by atoms with E-state index in [-0.39, 0.29) is 12.5 Å². The summed E-state index contributed by atoms with van der Waals surface area (Å²) in [5.74, 6) is 1.06. The van der Waals surface area contributed by atoms with Gasteiger partial charge in [0.15, 0.2) is 0 Å². The third-order valence-electron chi connectivity index (χ3n) is 3.62. The Morgan fingerprint density at radius 2 is 1.92 bits per heavy atom. The summed E-state index contributed by atoms with van der Waals surface area (Å²) in [5, 5.41) is 3.98. The van der Waals surface area contributed by atoms with Gasteiger partial charge in [0.25, 0.3) is 5.91 Å². The number of imidazole rings is 1. The number of hydrogen-bond acceptors (Lipinski definition) is 5. The van der Waals surface area contributed by atoms with Gasteiger partial charge >= 0.3 is 0 Å². The molecule has 7 heteroatoms. The summed E-state index contributed by atoms with van der Waals surface area (Å²) in [5.41, 5.74) is 5.01. The number of aromatic nitrogens is 2. The molecule has 1 amide bonds. The lowest BCUT2D eigenvalue weighted by molar-refractivity contribution is -0.121. The minimum absolute atomic E-state index is 0.138. The number of fused-ring (bicyclic) bond motifs is 1. The molecule has 0 saturated carbocycles. The first-order valence-corrected chi connectivity index (χ1v) is 7.64. The smallest absolute Gasteiger partial charge is 0.260 e. The lowest BCUT2D eigenvalue weighted by atomic mass is 10.2. The van der Waals surface area contributed by atoms with Crippen molar-refractivity contribution in [3.05, 3.63) is 54.4 Å². The zero-order valence-electron chi connectivity index (χ0n) is 14.0. The maximum Gasteiger partial charge on any atom is 0.260 e. The second-order valence-electron chi connectivity index (χ2n) is 5.30. The van der Waals surface area contributed by atoms with Crippen LogP contribution >= 0.6 is 0 Å². The van der Waals surface area contributed by atoms with Gasteiger partial charge in [0.1, 0.15) is 18.0 Å². The first kappa shape index (κ1) is 16.5. The fourth-order valence-electron chi connectivity index (χ4n) is 2.41. The zero-order valence-corrected chi connectivity index (χ0v) is 14.0. The number of rotatable bonds is 6. The highest BCUT2D eigenvalue weighted by Gasteiger charge is 2.06. The fraction of sp³-hybridized carbons (Fsp3) is 0.167. The van der Waals surface area contributed by atoms with Crippen LogP contribution in [0.1, 0.15) is 5.56 Å². The molecule has 1 N–H and O–H groups in total. The molecule has 0 saturated heterocycles. The monoisotopic (exact) mass is 338 g/mol. The Bertz CT molecular complexity index is 895. The van der Waals surface area contributed by atoms with Gasteiger partial charge < -0.3 is 14.0 Å². The van der Waals surface area contributed by atoms with Crippen molar-refractivity contribution in [2.75, 3.05) is 14.2 Å². The lowest BCUT2D eigenvalue weighted by Crippen LogP contribution is -2.22. The van der Waals surface area contributed by atoms with Crippen molar-refractivity contribution in [1.29, 1.82) is 0 Å². The number of methoxy groups -OCH3 is 2. The number of nitrogens with zero attached hydrogens (tertiary/aromatic N) is 3. The Morgan fingerprint density at radius 3 is 2.64 bits per heavy atom. The molecule has 3 aromatic rings. The van der Waals surface area contributed by atoms with Crippen LogP contribution in [0.2, 0.25) is 0 Å². The number of carbonyl (C=O) groups excluding carboxylic acids is 1. The molecule has 1 heterocycles. The molecule has 128 valence electrons. The molecule has 0 aliphatic rings. The van der Waals surface area contributed by atoms with Crippen LogP contribution in [0, 0.1) is 0 Å². The molecule has 2 aromatic carbocycles. The van der Waals surface area contributed by atoms with Crippen LogP contribution in [0.5, 0.6) is 11.5 Å². The molecule has 7 nitrogen and oxygen atoms in total. The van der Waals surface area contributed by atoms with Crippen molar-refractivity contribution < 1.29 is 14.3 Å². The highest BCUT2D eigenvalue weighted by molar-refractivity contribution is 5.84. The summed E-state index contributed by atoms with van der Waals surface area (Å²) in [6.45, 7) is 0.138.